The predicted octanol–water partition coefficient (Wildman–Crippen LogP) is 4.53. The van der Waals surface area contributed by atoms with Crippen molar-refractivity contribution in [2.24, 2.45) is 0 Å². The number of nitrogens with zero attached hydrogens (tertiary/aromatic N) is 2. The number of fused-ring (bicyclic) bond motifs is 1. The fourth-order valence-corrected chi connectivity index (χ4v) is 4.94. The number of para-hydroxylation sites is 1. The first-order valence-corrected chi connectivity index (χ1v) is 10.4. The van der Waals surface area contributed by atoms with Gasteiger partial charge in [-0.3, -0.25) is 10.1 Å². The molecular weight excluding hydrogens is 417 g/mol. The van der Waals surface area contributed by atoms with Crippen LogP contribution >= 0.6 is 35.2 Å². The molecule has 1 aromatic heterocycles. The number of benzene rings is 2. The third kappa shape index (κ3) is 3.70. The highest BCUT2D eigenvalue weighted by atomic mass is 35.5. The largest absolute Gasteiger partial charge is 0.366 e. The summed E-state index contributed by atoms with van der Waals surface area (Å²) in [7, 11) is 0. The summed E-state index contributed by atoms with van der Waals surface area (Å²) in [5.74, 6) is -0.529. The van der Waals surface area contributed by atoms with Gasteiger partial charge in [-0.15, -0.1) is 11.3 Å². The van der Waals surface area contributed by atoms with Crippen molar-refractivity contribution in [2.45, 2.75) is 0 Å². The van der Waals surface area contributed by atoms with Gasteiger partial charge < -0.3 is 9.80 Å². The summed E-state index contributed by atoms with van der Waals surface area (Å²) in [5, 5.41) is 4.47. The first-order chi connectivity index (χ1) is 13.5. The number of carbonyl (C=O) groups excluding carboxylic acids is 1. The minimum atomic E-state index is -0.298. The third-order valence-electron chi connectivity index (χ3n) is 4.72. The minimum absolute atomic E-state index is 0.230. The van der Waals surface area contributed by atoms with Gasteiger partial charge in [-0.2, -0.15) is 0 Å². The number of hydrogen-bond donors (Lipinski definition) is 1. The van der Waals surface area contributed by atoms with Crippen LogP contribution in [0.4, 0.5) is 10.1 Å². The van der Waals surface area contributed by atoms with Crippen molar-refractivity contribution in [2.75, 3.05) is 31.1 Å². The molecule has 0 unspecified atom stereocenters. The Bertz CT molecular complexity index is 1050. The Morgan fingerprint density at radius 3 is 2.46 bits per heavy atom. The van der Waals surface area contributed by atoms with E-state index in [1.54, 1.807) is 12.1 Å². The van der Waals surface area contributed by atoms with Crippen LogP contribution in [0, 0.1) is 5.82 Å². The van der Waals surface area contributed by atoms with Crippen molar-refractivity contribution in [3.05, 3.63) is 64.2 Å². The molecule has 144 valence electrons. The van der Waals surface area contributed by atoms with Crippen LogP contribution in [-0.4, -0.2) is 42.1 Å². The van der Waals surface area contributed by atoms with Gasteiger partial charge in [0.1, 0.15) is 10.7 Å². The number of carbonyl (C=O) groups is 1. The van der Waals surface area contributed by atoms with Gasteiger partial charge in [0.15, 0.2) is 5.11 Å². The summed E-state index contributed by atoms with van der Waals surface area (Å²) in [6.07, 6.45) is 0. The van der Waals surface area contributed by atoms with Gasteiger partial charge >= 0.3 is 0 Å². The summed E-state index contributed by atoms with van der Waals surface area (Å²) < 4.78 is 14.9. The van der Waals surface area contributed by atoms with Gasteiger partial charge in [0.2, 0.25) is 0 Å². The molecule has 4 rings (SSSR count). The summed E-state index contributed by atoms with van der Waals surface area (Å²) in [6.45, 7) is 2.46. The Labute approximate surface area is 176 Å². The van der Waals surface area contributed by atoms with Gasteiger partial charge in [0.25, 0.3) is 5.91 Å². The molecule has 1 saturated heterocycles. The molecule has 1 aliphatic rings. The van der Waals surface area contributed by atoms with Crippen molar-refractivity contribution in [3.63, 3.8) is 0 Å². The molecule has 1 fully saturated rings. The SMILES string of the molecule is O=C(NC(=S)N1CCN(c2ccccc2F)CC1)c1sc2ccccc2c1Cl. The summed E-state index contributed by atoms with van der Waals surface area (Å²) in [5.41, 5.74) is 0.592. The molecule has 0 aliphatic carbocycles. The number of nitrogens with one attached hydrogen (secondary N) is 1. The van der Waals surface area contributed by atoms with E-state index in [0.29, 0.717) is 46.9 Å². The van der Waals surface area contributed by atoms with Gasteiger partial charge in [-0.1, -0.05) is 41.9 Å². The normalized spacial score (nSPS) is 14.4. The average molecular weight is 434 g/mol. The van der Waals surface area contributed by atoms with Crippen molar-refractivity contribution < 1.29 is 9.18 Å². The Morgan fingerprint density at radius 1 is 1.07 bits per heavy atom. The Balaban J connectivity index is 1.40. The minimum Gasteiger partial charge on any atom is -0.366 e. The van der Waals surface area contributed by atoms with Gasteiger partial charge in [-0.05, 0) is 30.4 Å². The maximum atomic E-state index is 14.0. The fraction of sp³-hybridized carbons (Fsp3) is 0.200. The molecule has 2 heterocycles. The second-order valence-electron chi connectivity index (χ2n) is 6.43. The van der Waals surface area contributed by atoms with Crippen LogP contribution in [0.5, 0.6) is 0 Å². The molecule has 4 nitrogen and oxygen atoms in total. The topological polar surface area (TPSA) is 35.6 Å². The van der Waals surface area contributed by atoms with Crippen LogP contribution in [0.2, 0.25) is 5.02 Å². The molecule has 8 heteroatoms. The molecule has 0 radical (unpaired) electrons. The van der Waals surface area contributed by atoms with E-state index in [9.17, 15) is 9.18 Å². The molecule has 2 aromatic carbocycles. The molecule has 0 bridgehead atoms. The Morgan fingerprint density at radius 2 is 1.75 bits per heavy atom. The molecule has 28 heavy (non-hydrogen) atoms. The highest BCUT2D eigenvalue weighted by Gasteiger charge is 2.23. The Kier molecular flexibility index (Phi) is 5.48. The van der Waals surface area contributed by atoms with Gasteiger partial charge in [0.05, 0.1) is 10.7 Å². The molecular formula is C20H17ClFN3OS2. The van der Waals surface area contributed by atoms with Crippen LogP contribution in [0.3, 0.4) is 0 Å². The number of hydrogen-bond acceptors (Lipinski definition) is 4. The van der Waals surface area contributed by atoms with E-state index in [-0.39, 0.29) is 11.7 Å². The summed E-state index contributed by atoms with van der Waals surface area (Å²) in [6, 6.07) is 14.4. The van der Waals surface area contributed by atoms with Crippen molar-refractivity contribution in [1.29, 1.82) is 0 Å². The van der Waals surface area contributed by atoms with Crippen LogP contribution in [0.1, 0.15) is 9.67 Å². The number of halogens is 2. The quantitative estimate of drug-likeness (QED) is 0.602. The lowest BCUT2D eigenvalue weighted by molar-refractivity contribution is 0.0977. The first kappa shape index (κ1) is 19.1. The maximum absolute atomic E-state index is 14.0. The second kappa shape index (κ2) is 8.03. The molecule has 1 N–H and O–H groups in total. The van der Waals surface area contributed by atoms with Gasteiger partial charge in [-0.25, -0.2) is 4.39 Å². The maximum Gasteiger partial charge on any atom is 0.269 e. The number of thiocarbonyl (C=S) groups is 1. The number of anilines is 1. The molecule has 3 aromatic rings. The molecule has 0 atom stereocenters. The van der Waals surface area contributed by atoms with Crippen LogP contribution in [0.15, 0.2) is 48.5 Å². The highest BCUT2D eigenvalue weighted by Crippen LogP contribution is 2.35. The smallest absolute Gasteiger partial charge is 0.269 e. The zero-order chi connectivity index (χ0) is 19.7. The van der Waals surface area contributed by atoms with E-state index in [2.05, 4.69) is 5.32 Å². The highest BCUT2D eigenvalue weighted by molar-refractivity contribution is 7.80. The van der Waals surface area contributed by atoms with Crippen LogP contribution in [0.25, 0.3) is 10.1 Å². The monoisotopic (exact) mass is 433 g/mol. The molecule has 1 amide bonds. The van der Waals surface area contributed by atoms with Crippen molar-refractivity contribution >= 4 is 61.9 Å². The number of thiophene rings is 1. The number of piperazine rings is 1. The summed E-state index contributed by atoms with van der Waals surface area (Å²) in [4.78, 5) is 17.0. The predicted molar refractivity (Wildman–Crippen MR) is 117 cm³/mol. The third-order valence-corrected chi connectivity index (χ3v) is 6.76. The molecule has 1 aliphatic heterocycles. The van der Waals surface area contributed by atoms with E-state index in [4.69, 9.17) is 23.8 Å². The van der Waals surface area contributed by atoms with E-state index < -0.39 is 0 Å². The first-order valence-electron chi connectivity index (χ1n) is 8.81. The standard InChI is InChI=1S/C20H17ClFN3OS2/c21-17-13-5-1-4-8-16(13)28-18(17)19(26)23-20(27)25-11-9-24(10-12-25)15-7-3-2-6-14(15)22/h1-8H,9-12H2,(H,23,26,27). The molecule has 0 spiro atoms. The van der Waals surface area contributed by atoms with Gasteiger partial charge in [0, 0.05) is 36.3 Å². The second-order valence-corrected chi connectivity index (χ2v) is 8.24. The zero-order valence-electron chi connectivity index (χ0n) is 14.8. The van der Waals surface area contributed by atoms with Crippen molar-refractivity contribution in [3.8, 4) is 0 Å². The number of rotatable bonds is 2. The van der Waals surface area contributed by atoms with E-state index in [0.717, 1.165) is 10.1 Å². The van der Waals surface area contributed by atoms with E-state index in [1.165, 1.54) is 17.4 Å². The van der Waals surface area contributed by atoms with Crippen LogP contribution < -0.4 is 10.2 Å². The van der Waals surface area contributed by atoms with Crippen molar-refractivity contribution in [1.82, 2.24) is 10.2 Å². The molecule has 0 saturated carbocycles. The lowest BCUT2D eigenvalue weighted by Crippen LogP contribution is -2.52. The zero-order valence-corrected chi connectivity index (χ0v) is 17.2. The van der Waals surface area contributed by atoms with E-state index in [1.807, 2.05) is 40.1 Å². The summed E-state index contributed by atoms with van der Waals surface area (Å²) >= 11 is 13.1. The fourth-order valence-electron chi connectivity index (χ4n) is 3.25. The average Bonchev–Trinajstić information content (AvgIpc) is 3.05. The lowest BCUT2D eigenvalue weighted by Gasteiger charge is -2.37. The lowest BCUT2D eigenvalue weighted by atomic mass is 10.2. The number of amides is 1. The van der Waals surface area contributed by atoms with Crippen LogP contribution in [-0.2, 0) is 0 Å². The van der Waals surface area contributed by atoms with E-state index >= 15 is 0 Å². The Hall–Kier alpha value is -2.22.